The number of nitrogens with zero attached hydrogens (tertiary/aromatic N) is 3. The topological polar surface area (TPSA) is 49.2 Å². The van der Waals surface area contributed by atoms with E-state index in [1.54, 1.807) is 6.20 Å². The molecule has 1 saturated heterocycles. The molecule has 0 radical (unpaired) electrons. The zero-order chi connectivity index (χ0) is 17.5. The molecule has 1 atom stereocenters. The van der Waals surface area contributed by atoms with Gasteiger partial charge in [-0.05, 0) is 55.8 Å². The van der Waals surface area contributed by atoms with Crippen molar-refractivity contribution in [3.05, 3.63) is 59.4 Å². The maximum atomic E-state index is 13.2. The van der Waals surface area contributed by atoms with Crippen molar-refractivity contribution in [3.63, 3.8) is 0 Å². The van der Waals surface area contributed by atoms with E-state index in [4.69, 9.17) is 10.00 Å². The number of likely N-dealkylation sites (tertiary alicyclic amines) is 1. The van der Waals surface area contributed by atoms with Crippen molar-refractivity contribution in [1.82, 2.24) is 9.88 Å². The molecule has 1 fully saturated rings. The monoisotopic (exact) mass is 331 g/mol. The molecule has 0 aliphatic carbocycles. The van der Waals surface area contributed by atoms with Crippen LogP contribution in [-0.2, 0) is 6.61 Å². The molecule has 1 unspecified atom stereocenters. The van der Waals surface area contributed by atoms with E-state index in [9.17, 15) is 8.78 Å². The molecule has 24 heavy (non-hydrogen) atoms. The van der Waals surface area contributed by atoms with Crippen molar-refractivity contribution in [2.24, 2.45) is 0 Å². The number of hydrogen-bond acceptors (Lipinski definition) is 4. The van der Waals surface area contributed by atoms with E-state index in [-0.39, 0.29) is 6.61 Å². The van der Waals surface area contributed by atoms with Gasteiger partial charge in [-0.1, -0.05) is 0 Å². The second kappa shape index (κ2) is 8.37. The second-order valence-electron chi connectivity index (χ2n) is 5.66. The smallest absolute Gasteiger partial charge is 0.138 e. The van der Waals surface area contributed by atoms with Gasteiger partial charge in [-0.25, -0.2) is 14.0 Å². The van der Waals surface area contributed by atoms with Crippen LogP contribution in [0.15, 0.2) is 36.7 Å². The number of halogens is 2. The lowest BCUT2D eigenvalue weighted by Gasteiger charge is -2.19. The highest BCUT2D eigenvalue weighted by atomic mass is 19.1. The molecule has 1 aliphatic rings. The van der Waals surface area contributed by atoms with E-state index in [0.29, 0.717) is 17.4 Å². The number of benzene rings is 1. The third kappa shape index (κ3) is 4.49. The first-order valence-electron chi connectivity index (χ1n) is 7.60. The number of nitriles is 1. The van der Waals surface area contributed by atoms with Crippen molar-refractivity contribution in [2.45, 2.75) is 25.5 Å². The molecule has 0 bridgehead atoms. The Morgan fingerprint density at radius 3 is 2.54 bits per heavy atom. The number of ether oxygens (including phenoxy) is 1. The van der Waals surface area contributed by atoms with Crippen LogP contribution in [-0.4, -0.2) is 23.5 Å². The van der Waals surface area contributed by atoms with Gasteiger partial charge < -0.3 is 4.74 Å². The summed E-state index contributed by atoms with van der Waals surface area (Å²) < 4.78 is 31.9. The van der Waals surface area contributed by atoms with Crippen molar-refractivity contribution >= 4 is 0 Å². The molecule has 3 rings (SSSR count). The van der Waals surface area contributed by atoms with Crippen LogP contribution in [0.25, 0.3) is 0 Å². The summed E-state index contributed by atoms with van der Waals surface area (Å²) in [5.41, 5.74) is 1.57. The predicted octanol–water partition coefficient (Wildman–Crippen LogP) is 3.85. The van der Waals surface area contributed by atoms with Crippen molar-refractivity contribution in [2.75, 3.05) is 13.6 Å². The Hall–Kier alpha value is -2.52. The molecule has 2 heterocycles. The quantitative estimate of drug-likeness (QED) is 0.854. The minimum Gasteiger partial charge on any atom is -0.487 e. The summed E-state index contributed by atoms with van der Waals surface area (Å²) in [6.07, 6.45) is 5.75. The summed E-state index contributed by atoms with van der Waals surface area (Å²) >= 11 is 0. The average molecular weight is 331 g/mol. The summed E-state index contributed by atoms with van der Waals surface area (Å²) in [6, 6.07) is 5.70. The van der Waals surface area contributed by atoms with Gasteiger partial charge in [-0.3, -0.25) is 9.88 Å². The number of hydrogen-bond donors (Lipinski definition) is 0. The molecular weight excluding hydrogens is 312 g/mol. The lowest BCUT2D eigenvalue weighted by atomic mass is 10.1. The maximum Gasteiger partial charge on any atom is 0.138 e. The zero-order valence-electron chi connectivity index (χ0n) is 13.5. The van der Waals surface area contributed by atoms with Crippen LogP contribution in [0.4, 0.5) is 8.78 Å². The summed E-state index contributed by atoms with van der Waals surface area (Å²) in [7, 11) is 2.10. The standard InChI is InChI=1S/C17H18F2N2O.CHN/c1-21-4-2-3-17(21)13-7-16(10-20-9-13)22-11-12-5-14(18)8-15(19)6-12;1-2/h5-10,17H,2-4,11H2,1H3;1H. The molecule has 0 spiro atoms. The van der Waals surface area contributed by atoms with Crippen LogP contribution in [0.2, 0.25) is 0 Å². The van der Waals surface area contributed by atoms with E-state index in [0.717, 1.165) is 24.6 Å². The Morgan fingerprint density at radius 1 is 1.21 bits per heavy atom. The van der Waals surface area contributed by atoms with Gasteiger partial charge >= 0.3 is 0 Å². The molecule has 1 aromatic carbocycles. The minimum absolute atomic E-state index is 0.111. The molecular formula is C18H19F2N3O. The van der Waals surface area contributed by atoms with Crippen LogP contribution in [0.3, 0.4) is 0 Å². The van der Waals surface area contributed by atoms with Gasteiger partial charge in [0.1, 0.15) is 24.0 Å². The maximum absolute atomic E-state index is 13.2. The zero-order valence-corrected chi connectivity index (χ0v) is 13.5. The normalized spacial score (nSPS) is 17.1. The third-order valence-corrected chi connectivity index (χ3v) is 3.97. The molecule has 1 aromatic heterocycles. The van der Waals surface area contributed by atoms with Crippen LogP contribution in [0.1, 0.15) is 30.0 Å². The lowest BCUT2D eigenvalue weighted by molar-refractivity contribution is 0.297. The molecule has 4 nitrogen and oxygen atoms in total. The first-order chi connectivity index (χ1) is 11.6. The molecule has 0 N–H and O–H groups in total. The van der Waals surface area contributed by atoms with E-state index in [2.05, 4.69) is 23.5 Å². The second-order valence-corrected chi connectivity index (χ2v) is 5.66. The molecule has 0 amide bonds. The molecule has 126 valence electrons. The van der Waals surface area contributed by atoms with Gasteiger partial charge in [-0.15, -0.1) is 0 Å². The number of pyridine rings is 1. The van der Waals surface area contributed by atoms with E-state index < -0.39 is 11.6 Å². The summed E-state index contributed by atoms with van der Waals surface area (Å²) in [4.78, 5) is 6.51. The Bertz CT molecular complexity index is 685. The molecule has 6 heteroatoms. The van der Waals surface area contributed by atoms with Crippen LogP contribution < -0.4 is 4.74 Å². The molecule has 0 saturated carbocycles. The van der Waals surface area contributed by atoms with E-state index in [1.807, 2.05) is 12.3 Å². The van der Waals surface area contributed by atoms with Crippen LogP contribution >= 0.6 is 0 Å². The van der Waals surface area contributed by atoms with Gasteiger partial charge in [0, 0.05) is 24.9 Å². The fraction of sp³-hybridized carbons (Fsp3) is 0.333. The van der Waals surface area contributed by atoms with Gasteiger partial charge in [0.25, 0.3) is 0 Å². The summed E-state index contributed by atoms with van der Waals surface area (Å²) in [6.45, 7) is 4.69. The largest absolute Gasteiger partial charge is 0.487 e. The van der Waals surface area contributed by atoms with Crippen molar-refractivity contribution < 1.29 is 13.5 Å². The number of rotatable bonds is 4. The first kappa shape index (κ1) is 17.8. The SMILES string of the molecule is C#N.CN1CCCC1c1cncc(OCc2cc(F)cc(F)c2)c1. The molecule has 2 aromatic rings. The fourth-order valence-electron chi connectivity index (χ4n) is 2.89. The number of aromatic nitrogens is 1. The van der Waals surface area contributed by atoms with E-state index in [1.165, 1.54) is 18.6 Å². The van der Waals surface area contributed by atoms with Crippen LogP contribution in [0, 0.1) is 23.5 Å². The Morgan fingerprint density at radius 2 is 1.92 bits per heavy atom. The highest BCUT2D eigenvalue weighted by Crippen LogP contribution is 2.31. The minimum atomic E-state index is -0.599. The van der Waals surface area contributed by atoms with Gasteiger partial charge in [0.05, 0.1) is 6.20 Å². The first-order valence-corrected chi connectivity index (χ1v) is 7.60. The fourth-order valence-corrected chi connectivity index (χ4v) is 2.89. The average Bonchev–Trinajstić information content (AvgIpc) is 3.00. The third-order valence-electron chi connectivity index (χ3n) is 3.97. The van der Waals surface area contributed by atoms with Crippen molar-refractivity contribution in [3.8, 4) is 12.3 Å². The Labute approximate surface area is 140 Å². The van der Waals surface area contributed by atoms with Gasteiger partial charge in [-0.2, -0.15) is 0 Å². The van der Waals surface area contributed by atoms with Gasteiger partial charge in [0.15, 0.2) is 0 Å². The predicted molar refractivity (Wildman–Crippen MR) is 86.2 cm³/mol. The van der Waals surface area contributed by atoms with Gasteiger partial charge in [0.2, 0.25) is 0 Å². The highest BCUT2D eigenvalue weighted by Gasteiger charge is 2.23. The lowest BCUT2D eigenvalue weighted by Crippen LogP contribution is -2.17. The van der Waals surface area contributed by atoms with Crippen molar-refractivity contribution in [1.29, 1.82) is 5.26 Å². The highest BCUT2D eigenvalue weighted by molar-refractivity contribution is 5.27. The summed E-state index contributed by atoms with van der Waals surface area (Å²) in [5.74, 6) is -0.585. The molecule has 1 aliphatic heterocycles. The Kier molecular flexibility index (Phi) is 6.21. The Balaban J connectivity index is 0.00000100. The van der Waals surface area contributed by atoms with Crippen LogP contribution in [0.5, 0.6) is 5.75 Å². The summed E-state index contributed by atoms with van der Waals surface area (Å²) in [5, 5.41) is 6.50. The van der Waals surface area contributed by atoms with E-state index >= 15 is 0 Å².